The fourth-order valence-electron chi connectivity index (χ4n) is 2.74. The van der Waals surface area contributed by atoms with Gasteiger partial charge in [0.15, 0.2) is 23.0 Å². The van der Waals surface area contributed by atoms with Gasteiger partial charge in [0.2, 0.25) is 0 Å². The van der Waals surface area contributed by atoms with Crippen LogP contribution in [0.3, 0.4) is 0 Å². The summed E-state index contributed by atoms with van der Waals surface area (Å²) >= 11 is 0. The Kier molecular flexibility index (Phi) is 4.97. The van der Waals surface area contributed by atoms with E-state index in [0.717, 1.165) is 0 Å². The Balaban J connectivity index is 1.46. The quantitative estimate of drug-likeness (QED) is 0.735. The Morgan fingerprint density at radius 1 is 0.786 bits per heavy atom. The highest BCUT2D eigenvalue weighted by atomic mass is 32.2. The molecular formula is C18H18N2O7S. The lowest BCUT2D eigenvalue weighted by molar-refractivity contribution is 0.0944. The van der Waals surface area contributed by atoms with Gasteiger partial charge in [-0.15, -0.1) is 4.83 Å². The van der Waals surface area contributed by atoms with Gasteiger partial charge in [0.25, 0.3) is 15.9 Å². The van der Waals surface area contributed by atoms with Crippen LogP contribution < -0.4 is 29.2 Å². The van der Waals surface area contributed by atoms with E-state index in [1.165, 1.54) is 30.3 Å². The predicted octanol–water partition coefficient (Wildman–Crippen LogP) is 1.24. The average Bonchev–Trinajstić information content (AvgIpc) is 2.96. The second kappa shape index (κ2) is 7.56. The van der Waals surface area contributed by atoms with Crippen LogP contribution in [-0.4, -0.2) is 40.8 Å². The molecule has 148 valence electrons. The maximum absolute atomic E-state index is 12.5. The fraction of sp³-hybridized carbons (Fsp3) is 0.278. The van der Waals surface area contributed by atoms with Crippen LogP contribution in [0.1, 0.15) is 16.8 Å². The molecule has 1 amide bonds. The molecule has 0 fully saturated rings. The molecule has 0 unspecified atom stereocenters. The maximum Gasteiger partial charge on any atom is 0.266 e. The minimum Gasteiger partial charge on any atom is -0.490 e. The van der Waals surface area contributed by atoms with Gasteiger partial charge >= 0.3 is 0 Å². The highest BCUT2D eigenvalue weighted by molar-refractivity contribution is 7.89. The minimum atomic E-state index is -4.00. The third-order valence-corrected chi connectivity index (χ3v) is 5.38. The van der Waals surface area contributed by atoms with Crippen LogP contribution in [0.5, 0.6) is 23.0 Å². The molecular weight excluding hydrogens is 388 g/mol. The van der Waals surface area contributed by atoms with Crippen molar-refractivity contribution in [3.05, 3.63) is 42.0 Å². The van der Waals surface area contributed by atoms with E-state index in [-0.39, 0.29) is 10.5 Å². The van der Waals surface area contributed by atoms with Gasteiger partial charge in [0.1, 0.15) is 13.2 Å². The summed E-state index contributed by atoms with van der Waals surface area (Å²) in [5.74, 6) is 1.17. The first-order valence-electron chi connectivity index (χ1n) is 8.64. The minimum absolute atomic E-state index is 0.0563. The number of benzene rings is 2. The zero-order chi connectivity index (χ0) is 19.6. The number of nitrogens with one attached hydrogen (secondary N) is 2. The highest BCUT2D eigenvalue weighted by Crippen LogP contribution is 2.32. The molecule has 2 aromatic carbocycles. The van der Waals surface area contributed by atoms with Crippen molar-refractivity contribution < 1.29 is 32.2 Å². The first-order valence-corrected chi connectivity index (χ1v) is 10.1. The summed E-state index contributed by atoms with van der Waals surface area (Å²) in [5, 5.41) is 0. The molecule has 0 saturated carbocycles. The monoisotopic (exact) mass is 406 g/mol. The van der Waals surface area contributed by atoms with Crippen LogP contribution in [0.25, 0.3) is 0 Å². The molecule has 0 bridgehead atoms. The zero-order valence-electron chi connectivity index (χ0n) is 14.8. The fourth-order valence-corrected chi connectivity index (χ4v) is 3.59. The van der Waals surface area contributed by atoms with Gasteiger partial charge < -0.3 is 18.9 Å². The standard InChI is InChI=1S/C18H18N2O7S/c21-18(12-2-4-14-16(10-12)27-9-8-26-14)19-20-28(22,23)13-3-5-15-17(11-13)25-7-1-6-24-15/h2-5,10-11,20H,1,6-9H2,(H,19,21). The lowest BCUT2D eigenvalue weighted by Gasteiger charge is -2.18. The molecule has 0 aliphatic carbocycles. The Hall–Kier alpha value is -2.98. The van der Waals surface area contributed by atoms with E-state index in [1.807, 2.05) is 0 Å². The van der Waals surface area contributed by atoms with Gasteiger partial charge in [0, 0.05) is 18.1 Å². The van der Waals surface area contributed by atoms with Crippen molar-refractivity contribution in [2.45, 2.75) is 11.3 Å². The number of carbonyl (C=O) groups is 1. The second-order valence-corrected chi connectivity index (χ2v) is 7.76. The van der Waals surface area contributed by atoms with Crippen molar-refractivity contribution in [1.82, 2.24) is 10.3 Å². The lowest BCUT2D eigenvalue weighted by atomic mass is 10.2. The lowest BCUT2D eigenvalue weighted by Crippen LogP contribution is -2.41. The predicted molar refractivity (Wildman–Crippen MR) is 97.3 cm³/mol. The van der Waals surface area contributed by atoms with Crippen molar-refractivity contribution in [1.29, 1.82) is 0 Å². The summed E-state index contributed by atoms with van der Waals surface area (Å²) in [5.41, 5.74) is 2.42. The number of hydrazine groups is 1. The van der Waals surface area contributed by atoms with Crippen LogP contribution in [0, 0.1) is 0 Å². The van der Waals surface area contributed by atoms with Crippen molar-refractivity contribution in [2.75, 3.05) is 26.4 Å². The number of rotatable bonds is 4. The summed E-state index contributed by atoms with van der Waals surface area (Å²) in [6, 6.07) is 8.88. The topological polar surface area (TPSA) is 112 Å². The summed E-state index contributed by atoms with van der Waals surface area (Å²) in [4.78, 5) is 14.3. The molecule has 9 nitrogen and oxygen atoms in total. The Labute approximate surface area is 161 Å². The number of hydrogen-bond donors (Lipinski definition) is 2. The Bertz CT molecular complexity index is 1010. The molecule has 2 aliphatic rings. The van der Waals surface area contributed by atoms with Crippen molar-refractivity contribution in [3.63, 3.8) is 0 Å². The number of fused-ring (bicyclic) bond motifs is 2. The molecule has 2 aliphatic heterocycles. The van der Waals surface area contributed by atoms with Gasteiger partial charge in [0.05, 0.1) is 18.1 Å². The first kappa shape index (κ1) is 18.4. The molecule has 0 atom stereocenters. The number of sulfonamides is 1. The van der Waals surface area contributed by atoms with Crippen LogP contribution in [0.2, 0.25) is 0 Å². The van der Waals surface area contributed by atoms with E-state index < -0.39 is 15.9 Å². The highest BCUT2D eigenvalue weighted by Gasteiger charge is 2.21. The Morgan fingerprint density at radius 2 is 1.39 bits per heavy atom. The molecule has 28 heavy (non-hydrogen) atoms. The summed E-state index contributed by atoms with van der Waals surface area (Å²) in [6.07, 6.45) is 0.709. The van der Waals surface area contributed by atoms with E-state index in [2.05, 4.69) is 10.3 Å². The van der Waals surface area contributed by atoms with E-state index in [0.29, 0.717) is 55.8 Å². The molecule has 0 saturated heterocycles. The molecule has 10 heteroatoms. The molecule has 4 rings (SSSR count). The third kappa shape index (κ3) is 3.82. The van der Waals surface area contributed by atoms with Gasteiger partial charge in [-0.05, 0) is 30.3 Å². The van der Waals surface area contributed by atoms with E-state index >= 15 is 0 Å². The van der Waals surface area contributed by atoms with Crippen LogP contribution in [0.15, 0.2) is 41.3 Å². The number of carbonyl (C=O) groups excluding carboxylic acids is 1. The smallest absolute Gasteiger partial charge is 0.266 e. The van der Waals surface area contributed by atoms with Gasteiger partial charge in [-0.2, -0.15) is 0 Å². The number of amides is 1. The normalized spacial score (nSPS) is 15.4. The summed E-state index contributed by atoms with van der Waals surface area (Å²) < 4.78 is 46.8. The van der Waals surface area contributed by atoms with Gasteiger partial charge in [-0.3, -0.25) is 10.2 Å². The largest absolute Gasteiger partial charge is 0.490 e. The maximum atomic E-state index is 12.5. The Morgan fingerprint density at radius 3 is 2.18 bits per heavy atom. The van der Waals surface area contributed by atoms with Crippen LogP contribution in [-0.2, 0) is 10.0 Å². The molecule has 0 aromatic heterocycles. The van der Waals surface area contributed by atoms with Crippen molar-refractivity contribution in [3.8, 4) is 23.0 Å². The third-order valence-electron chi connectivity index (χ3n) is 4.13. The second-order valence-electron chi connectivity index (χ2n) is 6.08. The summed E-state index contributed by atoms with van der Waals surface area (Å²) in [6.45, 7) is 1.76. The molecule has 2 heterocycles. The van der Waals surface area contributed by atoms with E-state index in [4.69, 9.17) is 18.9 Å². The van der Waals surface area contributed by atoms with Crippen molar-refractivity contribution in [2.24, 2.45) is 0 Å². The number of ether oxygens (including phenoxy) is 4. The van der Waals surface area contributed by atoms with Gasteiger partial charge in [-0.25, -0.2) is 8.42 Å². The molecule has 2 N–H and O–H groups in total. The van der Waals surface area contributed by atoms with E-state index in [9.17, 15) is 13.2 Å². The summed E-state index contributed by atoms with van der Waals surface area (Å²) in [7, 11) is -4.00. The molecule has 0 spiro atoms. The number of hydrogen-bond acceptors (Lipinski definition) is 7. The molecule has 2 aromatic rings. The van der Waals surface area contributed by atoms with Crippen LogP contribution in [0.4, 0.5) is 0 Å². The van der Waals surface area contributed by atoms with E-state index in [1.54, 1.807) is 6.07 Å². The first-order chi connectivity index (χ1) is 13.5. The molecule has 0 radical (unpaired) electrons. The van der Waals surface area contributed by atoms with Gasteiger partial charge in [-0.1, -0.05) is 0 Å². The average molecular weight is 406 g/mol. The zero-order valence-corrected chi connectivity index (χ0v) is 15.6. The SMILES string of the molecule is O=C(NNS(=O)(=O)c1ccc2c(c1)OCCCO2)c1ccc2c(c1)OCCO2. The van der Waals surface area contributed by atoms with Crippen molar-refractivity contribution >= 4 is 15.9 Å². The van der Waals surface area contributed by atoms with Crippen LogP contribution >= 0.6 is 0 Å².